The molecule has 26 heavy (non-hydrogen) atoms. The Balaban J connectivity index is 1.77. The third-order valence-corrected chi connectivity index (χ3v) is 3.94. The summed E-state index contributed by atoms with van der Waals surface area (Å²) in [5.41, 5.74) is 1.52. The van der Waals surface area contributed by atoms with Crippen LogP contribution in [0.2, 0.25) is 0 Å². The van der Waals surface area contributed by atoms with Crippen LogP contribution in [-0.4, -0.2) is 27.9 Å². The van der Waals surface area contributed by atoms with E-state index in [2.05, 4.69) is 44.7 Å². The zero-order chi connectivity index (χ0) is 18.6. The van der Waals surface area contributed by atoms with E-state index in [9.17, 15) is 4.79 Å². The number of rotatable bonds is 5. The van der Waals surface area contributed by atoms with Gasteiger partial charge >= 0.3 is 0 Å². The Morgan fingerprint density at radius 3 is 2.38 bits per heavy atom. The van der Waals surface area contributed by atoms with Gasteiger partial charge in [0.1, 0.15) is 0 Å². The number of nitrogens with zero attached hydrogens (tertiary/aromatic N) is 3. The minimum Gasteiger partial charge on any atom is -0.357 e. The van der Waals surface area contributed by atoms with Crippen molar-refractivity contribution in [3.8, 4) is 0 Å². The molecular weight excluding hydrogens is 328 g/mol. The average Bonchev–Trinajstić information content (AvgIpc) is 2.62. The minimum atomic E-state index is -0.240. The largest absolute Gasteiger partial charge is 0.357 e. The molecule has 7 nitrogen and oxygen atoms in total. The van der Waals surface area contributed by atoms with Gasteiger partial charge in [-0.1, -0.05) is 50.3 Å². The van der Waals surface area contributed by atoms with E-state index in [1.165, 1.54) is 0 Å². The highest BCUT2D eigenvalue weighted by Gasteiger charge is 2.19. The van der Waals surface area contributed by atoms with Gasteiger partial charge in [-0.2, -0.15) is 15.0 Å². The number of carbonyl (C=O) groups excluding carboxylic acids is 1. The summed E-state index contributed by atoms with van der Waals surface area (Å²) < 4.78 is 0. The Morgan fingerprint density at radius 1 is 1.04 bits per heavy atom. The molecule has 1 aromatic heterocycles. The maximum Gasteiger partial charge on any atom is 0.257 e. The van der Waals surface area contributed by atoms with Gasteiger partial charge in [-0.05, 0) is 24.0 Å². The summed E-state index contributed by atoms with van der Waals surface area (Å²) in [6.07, 6.45) is 6.61. The molecule has 1 aliphatic rings. The molecule has 0 fully saturated rings. The number of allylic oxidation sites excluding steroid dienone is 2. The Bertz CT molecular complexity index is 858. The van der Waals surface area contributed by atoms with E-state index in [1.807, 2.05) is 48.6 Å². The lowest BCUT2D eigenvalue weighted by molar-refractivity contribution is -0.112. The molecule has 0 saturated heterocycles. The van der Waals surface area contributed by atoms with Crippen molar-refractivity contribution in [1.82, 2.24) is 15.0 Å². The third kappa shape index (κ3) is 4.44. The van der Waals surface area contributed by atoms with Gasteiger partial charge in [0.15, 0.2) is 0 Å². The summed E-state index contributed by atoms with van der Waals surface area (Å²) in [5.74, 6) is 0.658. The van der Waals surface area contributed by atoms with Crippen LogP contribution in [0.25, 0.3) is 0 Å². The highest BCUT2D eigenvalue weighted by atomic mass is 16.1. The predicted octanol–water partition coefficient (Wildman–Crippen LogP) is 3.51. The minimum absolute atomic E-state index is 0.0724. The van der Waals surface area contributed by atoms with Gasteiger partial charge in [0.05, 0.1) is 0 Å². The molecule has 1 aliphatic carbocycles. The van der Waals surface area contributed by atoms with Crippen LogP contribution in [0.15, 0.2) is 54.1 Å². The lowest BCUT2D eigenvalue weighted by Gasteiger charge is -2.22. The number of carbonyl (C=O) groups is 1. The van der Waals surface area contributed by atoms with E-state index in [1.54, 1.807) is 7.05 Å². The molecule has 2 aromatic rings. The molecule has 0 spiro atoms. The first kappa shape index (κ1) is 17.6. The summed E-state index contributed by atoms with van der Waals surface area (Å²) in [4.78, 5) is 25.2. The standard InChI is InChI=1S/C19H22N6O/c1-19(2)11-9-13(10-12-19)15(26)22-18-24-16(20-3)23-17(25-18)21-14-7-5-4-6-8-14/h4-11H,12H2,1-3H3,(H3,20,21,22,23,24,25,26). The lowest BCUT2D eigenvalue weighted by atomic mass is 9.84. The lowest BCUT2D eigenvalue weighted by Crippen LogP contribution is -2.20. The molecule has 0 aliphatic heterocycles. The molecular formula is C19H22N6O. The van der Waals surface area contributed by atoms with E-state index >= 15 is 0 Å². The number of hydrogen-bond donors (Lipinski definition) is 3. The fourth-order valence-corrected chi connectivity index (χ4v) is 2.42. The van der Waals surface area contributed by atoms with Crippen molar-refractivity contribution >= 4 is 29.4 Å². The first-order valence-corrected chi connectivity index (χ1v) is 8.42. The SMILES string of the molecule is CNc1nc(NC(=O)C2=CCC(C)(C)C=C2)nc(Nc2ccccc2)n1. The molecule has 3 N–H and O–H groups in total. The number of aromatic nitrogens is 3. The van der Waals surface area contributed by atoms with E-state index in [0.29, 0.717) is 17.5 Å². The first-order valence-electron chi connectivity index (χ1n) is 8.42. The number of para-hydroxylation sites is 1. The van der Waals surface area contributed by atoms with Crippen LogP contribution in [0.1, 0.15) is 20.3 Å². The van der Waals surface area contributed by atoms with E-state index in [0.717, 1.165) is 12.1 Å². The zero-order valence-corrected chi connectivity index (χ0v) is 15.1. The second-order valence-corrected chi connectivity index (χ2v) is 6.69. The molecule has 0 atom stereocenters. The average molecular weight is 350 g/mol. The van der Waals surface area contributed by atoms with Gasteiger partial charge in [-0.3, -0.25) is 10.1 Å². The molecule has 134 valence electrons. The maximum absolute atomic E-state index is 12.5. The van der Waals surface area contributed by atoms with Crippen molar-refractivity contribution in [3.63, 3.8) is 0 Å². The third-order valence-electron chi connectivity index (χ3n) is 3.94. The van der Waals surface area contributed by atoms with Crippen molar-refractivity contribution in [2.24, 2.45) is 5.41 Å². The van der Waals surface area contributed by atoms with Gasteiger partial charge in [0, 0.05) is 18.3 Å². The van der Waals surface area contributed by atoms with Crippen molar-refractivity contribution in [2.45, 2.75) is 20.3 Å². The summed E-state index contributed by atoms with van der Waals surface area (Å²) in [6.45, 7) is 4.25. The Kier molecular flexibility index (Phi) is 4.97. The van der Waals surface area contributed by atoms with Crippen molar-refractivity contribution < 1.29 is 4.79 Å². The smallest absolute Gasteiger partial charge is 0.257 e. The number of amides is 1. The molecule has 0 saturated carbocycles. The monoisotopic (exact) mass is 350 g/mol. The quantitative estimate of drug-likeness (QED) is 0.764. The van der Waals surface area contributed by atoms with Gasteiger partial charge in [0.2, 0.25) is 17.8 Å². The van der Waals surface area contributed by atoms with E-state index in [4.69, 9.17) is 0 Å². The molecule has 7 heteroatoms. The van der Waals surface area contributed by atoms with Crippen molar-refractivity contribution in [3.05, 3.63) is 54.1 Å². The van der Waals surface area contributed by atoms with Crippen LogP contribution in [0.5, 0.6) is 0 Å². The van der Waals surface area contributed by atoms with Crippen LogP contribution in [-0.2, 0) is 4.79 Å². The molecule has 1 aromatic carbocycles. The fraction of sp³-hybridized carbons (Fsp3) is 0.263. The Hall–Kier alpha value is -3.22. The normalized spacial score (nSPS) is 15.1. The Morgan fingerprint density at radius 2 is 1.73 bits per heavy atom. The van der Waals surface area contributed by atoms with Gasteiger partial charge < -0.3 is 10.6 Å². The van der Waals surface area contributed by atoms with Crippen LogP contribution in [0, 0.1) is 5.41 Å². The summed E-state index contributed by atoms with van der Waals surface area (Å²) in [7, 11) is 1.71. The number of anilines is 4. The van der Waals surface area contributed by atoms with Crippen molar-refractivity contribution in [1.29, 1.82) is 0 Å². The zero-order valence-electron chi connectivity index (χ0n) is 15.1. The second-order valence-electron chi connectivity index (χ2n) is 6.69. The van der Waals surface area contributed by atoms with Crippen LogP contribution in [0.3, 0.4) is 0 Å². The maximum atomic E-state index is 12.5. The molecule has 3 rings (SSSR count). The summed E-state index contributed by atoms with van der Waals surface area (Å²) >= 11 is 0. The number of hydrogen-bond acceptors (Lipinski definition) is 6. The summed E-state index contributed by atoms with van der Waals surface area (Å²) in [6, 6.07) is 9.56. The molecule has 1 amide bonds. The van der Waals surface area contributed by atoms with Crippen molar-refractivity contribution in [2.75, 3.05) is 23.0 Å². The fourth-order valence-electron chi connectivity index (χ4n) is 2.42. The van der Waals surface area contributed by atoms with Crippen LogP contribution < -0.4 is 16.0 Å². The molecule has 1 heterocycles. The molecule has 0 bridgehead atoms. The highest BCUT2D eigenvalue weighted by Crippen LogP contribution is 2.28. The highest BCUT2D eigenvalue weighted by molar-refractivity contribution is 6.05. The summed E-state index contributed by atoms with van der Waals surface area (Å²) in [5, 5.41) is 8.71. The number of nitrogens with one attached hydrogen (secondary N) is 3. The van der Waals surface area contributed by atoms with E-state index in [-0.39, 0.29) is 17.3 Å². The predicted molar refractivity (Wildman–Crippen MR) is 103 cm³/mol. The topological polar surface area (TPSA) is 91.8 Å². The van der Waals surface area contributed by atoms with Crippen LogP contribution >= 0.6 is 0 Å². The first-order chi connectivity index (χ1) is 12.4. The molecule has 0 unspecified atom stereocenters. The van der Waals surface area contributed by atoms with Gasteiger partial charge in [0.25, 0.3) is 5.91 Å². The van der Waals surface area contributed by atoms with Crippen LogP contribution in [0.4, 0.5) is 23.5 Å². The second kappa shape index (κ2) is 7.35. The number of benzene rings is 1. The van der Waals surface area contributed by atoms with E-state index < -0.39 is 0 Å². The molecule has 0 radical (unpaired) electrons. The Labute approximate surface area is 152 Å². The van der Waals surface area contributed by atoms with Gasteiger partial charge in [-0.25, -0.2) is 0 Å². The van der Waals surface area contributed by atoms with Gasteiger partial charge in [-0.15, -0.1) is 0 Å².